The van der Waals surface area contributed by atoms with Crippen LogP contribution in [0.3, 0.4) is 0 Å². The summed E-state index contributed by atoms with van der Waals surface area (Å²) in [5.74, 6) is 0. The van der Waals surface area contributed by atoms with Gasteiger partial charge in [-0.3, -0.25) is 4.98 Å². The van der Waals surface area contributed by atoms with Crippen LogP contribution in [0.1, 0.15) is 18.5 Å². The van der Waals surface area contributed by atoms with Crippen LogP contribution in [0.15, 0.2) is 48.8 Å². The van der Waals surface area contributed by atoms with E-state index in [1.807, 2.05) is 48.2 Å². The molecule has 2 heterocycles. The second-order valence-corrected chi connectivity index (χ2v) is 6.34. The third-order valence-electron chi connectivity index (χ3n) is 4.28. The van der Waals surface area contributed by atoms with Crippen LogP contribution in [-0.4, -0.2) is 42.1 Å². The first-order valence-electron chi connectivity index (χ1n) is 8.09. The number of pyridine rings is 1. The quantitative estimate of drug-likeness (QED) is 0.929. The number of halogens is 1. The highest BCUT2D eigenvalue weighted by Gasteiger charge is 2.22. The third kappa shape index (κ3) is 3.97. The van der Waals surface area contributed by atoms with Crippen LogP contribution in [0.4, 0.5) is 10.5 Å². The molecule has 0 saturated carbocycles. The number of anilines is 1. The average molecular weight is 345 g/mol. The Morgan fingerprint density at radius 2 is 1.88 bits per heavy atom. The van der Waals surface area contributed by atoms with Crippen LogP contribution in [0.2, 0.25) is 5.02 Å². The van der Waals surface area contributed by atoms with E-state index in [4.69, 9.17) is 11.6 Å². The van der Waals surface area contributed by atoms with E-state index in [1.165, 1.54) is 0 Å². The van der Waals surface area contributed by atoms with Gasteiger partial charge in [0.15, 0.2) is 0 Å². The first kappa shape index (κ1) is 16.6. The molecule has 5 nitrogen and oxygen atoms in total. The van der Waals surface area contributed by atoms with E-state index < -0.39 is 0 Å². The molecule has 1 saturated heterocycles. The molecule has 1 N–H and O–H groups in total. The number of rotatable bonds is 3. The Balaban J connectivity index is 1.54. The molecule has 126 valence electrons. The van der Waals surface area contributed by atoms with Crippen molar-refractivity contribution in [2.45, 2.75) is 13.0 Å². The highest BCUT2D eigenvalue weighted by molar-refractivity contribution is 6.30. The average Bonchev–Trinajstić information content (AvgIpc) is 2.62. The van der Waals surface area contributed by atoms with Crippen LogP contribution in [-0.2, 0) is 0 Å². The molecule has 24 heavy (non-hydrogen) atoms. The van der Waals surface area contributed by atoms with Gasteiger partial charge in [-0.25, -0.2) is 4.79 Å². The monoisotopic (exact) mass is 344 g/mol. The summed E-state index contributed by atoms with van der Waals surface area (Å²) < 4.78 is 0. The molecule has 2 amide bonds. The number of hydrogen-bond donors (Lipinski definition) is 1. The second-order valence-electron chi connectivity index (χ2n) is 5.91. The number of hydrogen-bond acceptors (Lipinski definition) is 3. The normalized spacial score (nSPS) is 15.9. The molecule has 0 spiro atoms. The molecule has 1 aromatic carbocycles. The van der Waals surface area contributed by atoms with Crippen molar-refractivity contribution in [3.8, 4) is 0 Å². The largest absolute Gasteiger partial charge is 0.368 e. The molecule has 3 rings (SSSR count). The van der Waals surface area contributed by atoms with Gasteiger partial charge < -0.3 is 15.1 Å². The lowest BCUT2D eigenvalue weighted by Gasteiger charge is -2.36. The van der Waals surface area contributed by atoms with Gasteiger partial charge in [-0.1, -0.05) is 23.7 Å². The molecule has 6 heteroatoms. The molecule has 2 aromatic rings. The number of amides is 2. The number of urea groups is 1. The van der Waals surface area contributed by atoms with Crippen LogP contribution in [0, 0.1) is 0 Å². The highest BCUT2D eigenvalue weighted by atomic mass is 35.5. The lowest BCUT2D eigenvalue weighted by Crippen LogP contribution is -2.52. The molecule has 1 aliphatic rings. The van der Waals surface area contributed by atoms with Gasteiger partial charge >= 0.3 is 6.03 Å². The molecule has 1 aliphatic heterocycles. The zero-order valence-electron chi connectivity index (χ0n) is 13.7. The fraction of sp³-hybridized carbons (Fsp3) is 0.333. The molecular formula is C18H21ClN4O. The molecular weight excluding hydrogens is 324 g/mol. The number of piperazine rings is 1. The maximum Gasteiger partial charge on any atom is 0.317 e. The minimum atomic E-state index is -0.0746. The summed E-state index contributed by atoms with van der Waals surface area (Å²) in [6.07, 6.45) is 3.59. The van der Waals surface area contributed by atoms with E-state index in [0.29, 0.717) is 18.1 Å². The SMILES string of the molecule is CC(NC(=O)N1CCN(c2ccncc2)CC1)c1cccc(Cl)c1. The Morgan fingerprint density at radius 1 is 1.17 bits per heavy atom. The molecule has 0 aliphatic carbocycles. The molecule has 0 radical (unpaired) electrons. The Labute approximate surface area is 147 Å². The minimum Gasteiger partial charge on any atom is -0.368 e. The van der Waals surface area contributed by atoms with Crippen LogP contribution < -0.4 is 10.2 Å². The second kappa shape index (κ2) is 7.53. The van der Waals surface area contributed by atoms with Crippen molar-refractivity contribution in [2.75, 3.05) is 31.1 Å². The van der Waals surface area contributed by atoms with Gasteiger partial charge in [0.05, 0.1) is 6.04 Å². The summed E-state index contributed by atoms with van der Waals surface area (Å²) in [5, 5.41) is 3.73. The lowest BCUT2D eigenvalue weighted by atomic mass is 10.1. The Kier molecular flexibility index (Phi) is 5.20. The molecule has 1 unspecified atom stereocenters. The van der Waals surface area contributed by atoms with Crippen LogP contribution in [0.25, 0.3) is 0 Å². The van der Waals surface area contributed by atoms with Crippen molar-refractivity contribution >= 4 is 23.3 Å². The summed E-state index contributed by atoms with van der Waals surface area (Å²) >= 11 is 6.02. The summed E-state index contributed by atoms with van der Waals surface area (Å²) in [7, 11) is 0. The number of aromatic nitrogens is 1. The number of carbonyl (C=O) groups excluding carboxylic acids is 1. The van der Waals surface area contributed by atoms with E-state index in [0.717, 1.165) is 24.3 Å². The first-order chi connectivity index (χ1) is 11.6. The van der Waals surface area contributed by atoms with E-state index in [2.05, 4.69) is 15.2 Å². The zero-order valence-corrected chi connectivity index (χ0v) is 14.4. The smallest absolute Gasteiger partial charge is 0.317 e. The summed E-state index contributed by atoms with van der Waals surface area (Å²) in [6.45, 7) is 5.02. The number of carbonyl (C=O) groups is 1. The number of benzene rings is 1. The number of nitrogens with zero attached hydrogens (tertiary/aromatic N) is 3. The van der Waals surface area contributed by atoms with Crippen molar-refractivity contribution in [1.29, 1.82) is 0 Å². The summed E-state index contributed by atoms with van der Waals surface area (Å²) in [4.78, 5) is 20.6. The van der Waals surface area contributed by atoms with Crippen LogP contribution >= 0.6 is 11.6 Å². The van der Waals surface area contributed by atoms with Crippen molar-refractivity contribution in [1.82, 2.24) is 15.2 Å². The van der Waals surface area contributed by atoms with Crippen molar-refractivity contribution in [3.05, 3.63) is 59.4 Å². The first-order valence-corrected chi connectivity index (χ1v) is 8.47. The van der Waals surface area contributed by atoms with Crippen LogP contribution in [0.5, 0.6) is 0 Å². The van der Waals surface area contributed by atoms with Crippen molar-refractivity contribution < 1.29 is 4.79 Å². The van der Waals surface area contributed by atoms with Crippen molar-refractivity contribution in [3.63, 3.8) is 0 Å². The van der Waals surface area contributed by atoms with Gasteiger partial charge in [-0.05, 0) is 36.8 Å². The minimum absolute atomic E-state index is 0.0307. The Hall–Kier alpha value is -2.27. The summed E-state index contributed by atoms with van der Waals surface area (Å²) in [6, 6.07) is 11.5. The van der Waals surface area contributed by atoms with Gasteiger partial charge in [0, 0.05) is 49.3 Å². The van der Waals surface area contributed by atoms with E-state index >= 15 is 0 Å². The van der Waals surface area contributed by atoms with Gasteiger partial charge in [-0.15, -0.1) is 0 Å². The predicted octanol–water partition coefficient (Wildman–Crippen LogP) is 3.33. The maximum absolute atomic E-state index is 12.5. The van der Waals surface area contributed by atoms with Gasteiger partial charge in [0.1, 0.15) is 0 Å². The predicted molar refractivity (Wildman–Crippen MR) is 96.4 cm³/mol. The van der Waals surface area contributed by atoms with Gasteiger partial charge in [0.25, 0.3) is 0 Å². The summed E-state index contributed by atoms with van der Waals surface area (Å²) in [5.41, 5.74) is 2.16. The van der Waals surface area contributed by atoms with Crippen molar-refractivity contribution in [2.24, 2.45) is 0 Å². The van der Waals surface area contributed by atoms with Gasteiger partial charge in [-0.2, -0.15) is 0 Å². The molecule has 1 atom stereocenters. The van der Waals surface area contributed by atoms with E-state index in [-0.39, 0.29) is 12.1 Å². The van der Waals surface area contributed by atoms with E-state index in [1.54, 1.807) is 12.4 Å². The number of nitrogens with one attached hydrogen (secondary N) is 1. The Bertz CT molecular complexity index is 686. The molecule has 0 bridgehead atoms. The lowest BCUT2D eigenvalue weighted by molar-refractivity contribution is 0.191. The topological polar surface area (TPSA) is 48.5 Å². The zero-order chi connectivity index (χ0) is 16.9. The third-order valence-corrected chi connectivity index (χ3v) is 4.52. The standard InChI is InChI=1S/C18H21ClN4O/c1-14(15-3-2-4-16(19)13-15)21-18(24)23-11-9-22(10-12-23)17-5-7-20-8-6-17/h2-8,13-14H,9-12H2,1H3,(H,21,24). The Morgan fingerprint density at radius 3 is 2.54 bits per heavy atom. The highest BCUT2D eigenvalue weighted by Crippen LogP contribution is 2.18. The fourth-order valence-corrected chi connectivity index (χ4v) is 3.06. The van der Waals surface area contributed by atoms with E-state index in [9.17, 15) is 4.79 Å². The molecule has 1 aromatic heterocycles. The maximum atomic E-state index is 12.5. The molecule has 1 fully saturated rings. The fourth-order valence-electron chi connectivity index (χ4n) is 2.86. The van der Waals surface area contributed by atoms with Gasteiger partial charge in [0.2, 0.25) is 0 Å².